The highest BCUT2D eigenvalue weighted by Crippen LogP contribution is 1.81. The van der Waals surface area contributed by atoms with Crippen molar-refractivity contribution in [3.63, 3.8) is 0 Å². The zero-order chi connectivity index (χ0) is 8.53. The molecular weight excluding hydrogens is 166 g/mol. The molecule has 0 rings (SSSR count). The highest BCUT2D eigenvalue weighted by atomic mass is 35.5. The number of hydrogen-bond donors (Lipinski definition) is 1. The van der Waals surface area contributed by atoms with Gasteiger partial charge in [-0.15, -0.1) is 11.6 Å². The Labute approximate surface area is 72.1 Å². The lowest BCUT2D eigenvalue weighted by molar-refractivity contribution is -0.118. The van der Waals surface area contributed by atoms with Gasteiger partial charge in [0.1, 0.15) is 5.88 Å². The molecule has 0 saturated carbocycles. The summed E-state index contributed by atoms with van der Waals surface area (Å²) in [6.07, 6.45) is 0.844. The van der Waals surface area contributed by atoms with E-state index in [2.05, 4.69) is 5.32 Å². The number of alkyl halides is 1. The van der Waals surface area contributed by atoms with Crippen LogP contribution in [0.5, 0.6) is 0 Å². The molecule has 3 nitrogen and oxygen atoms in total. The van der Waals surface area contributed by atoms with Crippen molar-refractivity contribution < 1.29 is 9.53 Å². The van der Waals surface area contributed by atoms with Gasteiger partial charge in [-0.1, -0.05) is 0 Å². The quantitative estimate of drug-likeness (QED) is 0.483. The smallest absolute Gasteiger partial charge is 0.234 e. The van der Waals surface area contributed by atoms with E-state index in [1.165, 1.54) is 0 Å². The van der Waals surface area contributed by atoms with Crippen LogP contribution >= 0.6 is 11.6 Å². The molecule has 0 saturated heterocycles. The Morgan fingerprint density at radius 1 is 1.64 bits per heavy atom. The molecule has 0 aromatic heterocycles. The molecule has 0 aliphatic rings. The minimum absolute atomic E-state index is 0.0363. The minimum atomic E-state index is -0.122. The maximum atomic E-state index is 10.6. The number of carbonyl (C=O) groups excluding carboxylic acids is 1. The molecule has 0 heterocycles. The molecule has 1 amide bonds. The van der Waals surface area contributed by atoms with Gasteiger partial charge < -0.3 is 10.1 Å². The van der Waals surface area contributed by atoms with Crippen LogP contribution in [0.2, 0.25) is 0 Å². The largest absolute Gasteiger partial charge is 0.382 e. The van der Waals surface area contributed by atoms with Crippen molar-refractivity contribution >= 4 is 17.5 Å². The van der Waals surface area contributed by atoms with Crippen LogP contribution in [0.1, 0.15) is 13.3 Å². The van der Waals surface area contributed by atoms with Gasteiger partial charge in [-0.3, -0.25) is 4.79 Å². The van der Waals surface area contributed by atoms with Crippen LogP contribution in [-0.4, -0.2) is 31.5 Å². The summed E-state index contributed by atoms with van der Waals surface area (Å²) in [6.45, 7) is 4.01. The Morgan fingerprint density at radius 2 is 2.36 bits per heavy atom. The summed E-state index contributed by atoms with van der Waals surface area (Å²) >= 11 is 5.25. The van der Waals surface area contributed by atoms with Gasteiger partial charge in [0.25, 0.3) is 0 Å². The van der Waals surface area contributed by atoms with Crippen molar-refractivity contribution in [3.8, 4) is 0 Å². The average molecular weight is 180 g/mol. The van der Waals surface area contributed by atoms with Crippen LogP contribution in [0.3, 0.4) is 0 Å². The Balaban J connectivity index is 2.95. The van der Waals surface area contributed by atoms with Crippen molar-refractivity contribution in [1.82, 2.24) is 5.32 Å². The molecule has 0 unspecified atom stereocenters. The molecule has 0 bridgehead atoms. The summed E-state index contributed by atoms with van der Waals surface area (Å²) in [4.78, 5) is 10.6. The number of halogens is 1. The molecule has 0 radical (unpaired) electrons. The van der Waals surface area contributed by atoms with Gasteiger partial charge in [-0.05, 0) is 13.3 Å². The van der Waals surface area contributed by atoms with Crippen LogP contribution in [0.25, 0.3) is 0 Å². The number of ether oxygens (including phenoxy) is 1. The molecule has 0 aromatic rings. The highest BCUT2D eigenvalue weighted by molar-refractivity contribution is 6.27. The standard InChI is InChI=1S/C7H14ClNO2/c1-2-11-5-3-4-9-7(10)6-8/h2-6H2,1H3,(H,9,10). The Bertz CT molecular complexity index is 109. The summed E-state index contributed by atoms with van der Waals surface area (Å²) in [7, 11) is 0. The molecule has 11 heavy (non-hydrogen) atoms. The molecule has 0 aliphatic heterocycles. The zero-order valence-corrected chi connectivity index (χ0v) is 7.49. The average Bonchev–Trinajstić information content (AvgIpc) is 2.04. The summed E-state index contributed by atoms with van der Waals surface area (Å²) in [5, 5.41) is 2.64. The van der Waals surface area contributed by atoms with Gasteiger partial charge in [0.2, 0.25) is 5.91 Å². The van der Waals surface area contributed by atoms with E-state index in [1.54, 1.807) is 0 Å². The fourth-order valence-electron chi connectivity index (χ4n) is 0.594. The molecule has 0 spiro atoms. The van der Waals surface area contributed by atoms with Crippen LogP contribution in [0.15, 0.2) is 0 Å². The predicted molar refractivity (Wildman–Crippen MR) is 44.8 cm³/mol. The fourth-order valence-corrected chi connectivity index (χ4v) is 0.688. The Hall–Kier alpha value is -0.280. The molecular formula is C7H14ClNO2. The molecule has 1 N–H and O–H groups in total. The van der Waals surface area contributed by atoms with Crippen molar-refractivity contribution in [3.05, 3.63) is 0 Å². The summed E-state index contributed by atoms with van der Waals surface area (Å²) < 4.78 is 5.06. The van der Waals surface area contributed by atoms with Crippen LogP contribution < -0.4 is 5.32 Å². The number of carbonyl (C=O) groups is 1. The van der Waals surface area contributed by atoms with Crippen LogP contribution in [-0.2, 0) is 9.53 Å². The van der Waals surface area contributed by atoms with E-state index >= 15 is 0 Å². The van der Waals surface area contributed by atoms with E-state index in [1.807, 2.05) is 6.92 Å². The van der Waals surface area contributed by atoms with E-state index in [4.69, 9.17) is 16.3 Å². The summed E-state index contributed by atoms with van der Waals surface area (Å²) in [6, 6.07) is 0. The van der Waals surface area contributed by atoms with Crippen LogP contribution in [0, 0.1) is 0 Å². The number of nitrogens with one attached hydrogen (secondary N) is 1. The molecule has 0 atom stereocenters. The van der Waals surface area contributed by atoms with Gasteiger partial charge in [0, 0.05) is 19.8 Å². The molecule has 0 aliphatic carbocycles. The topological polar surface area (TPSA) is 38.3 Å². The highest BCUT2D eigenvalue weighted by Gasteiger charge is 1.95. The maximum absolute atomic E-state index is 10.6. The second-order valence-corrected chi connectivity index (χ2v) is 2.30. The van der Waals surface area contributed by atoms with Gasteiger partial charge >= 0.3 is 0 Å². The third kappa shape index (κ3) is 7.62. The van der Waals surface area contributed by atoms with Crippen molar-refractivity contribution in [2.75, 3.05) is 25.6 Å². The molecule has 0 fully saturated rings. The molecule has 4 heteroatoms. The first-order chi connectivity index (χ1) is 5.31. The first-order valence-corrected chi connectivity index (χ1v) is 4.25. The van der Waals surface area contributed by atoms with Crippen molar-refractivity contribution in [2.45, 2.75) is 13.3 Å². The first kappa shape index (κ1) is 10.7. The lowest BCUT2D eigenvalue weighted by Crippen LogP contribution is -2.26. The summed E-state index contributed by atoms with van der Waals surface area (Å²) in [5.74, 6) is -0.0857. The Kier molecular flexibility index (Phi) is 7.62. The zero-order valence-electron chi connectivity index (χ0n) is 6.73. The Morgan fingerprint density at radius 3 is 2.91 bits per heavy atom. The van der Waals surface area contributed by atoms with Gasteiger partial charge in [-0.25, -0.2) is 0 Å². The van der Waals surface area contributed by atoms with Crippen molar-refractivity contribution in [1.29, 1.82) is 0 Å². The number of rotatable bonds is 6. The van der Waals surface area contributed by atoms with E-state index in [0.29, 0.717) is 13.2 Å². The fraction of sp³-hybridized carbons (Fsp3) is 0.857. The van der Waals surface area contributed by atoms with E-state index < -0.39 is 0 Å². The third-order valence-electron chi connectivity index (χ3n) is 1.11. The van der Waals surface area contributed by atoms with Crippen molar-refractivity contribution in [2.24, 2.45) is 0 Å². The number of hydrogen-bond acceptors (Lipinski definition) is 2. The summed E-state index contributed by atoms with van der Waals surface area (Å²) in [5.41, 5.74) is 0. The normalized spacial score (nSPS) is 9.64. The first-order valence-electron chi connectivity index (χ1n) is 3.71. The lowest BCUT2D eigenvalue weighted by Gasteiger charge is -2.02. The molecule has 0 aromatic carbocycles. The SMILES string of the molecule is CCOCCCNC(=O)CCl. The minimum Gasteiger partial charge on any atom is -0.382 e. The number of amides is 1. The lowest BCUT2D eigenvalue weighted by atomic mass is 10.4. The second kappa shape index (κ2) is 7.82. The third-order valence-corrected chi connectivity index (χ3v) is 1.36. The second-order valence-electron chi connectivity index (χ2n) is 2.03. The van der Waals surface area contributed by atoms with Gasteiger partial charge in [-0.2, -0.15) is 0 Å². The van der Waals surface area contributed by atoms with Gasteiger partial charge in [0.15, 0.2) is 0 Å². The van der Waals surface area contributed by atoms with E-state index in [-0.39, 0.29) is 11.8 Å². The molecule has 66 valence electrons. The predicted octanol–water partition coefficient (Wildman–Crippen LogP) is 0.768. The monoisotopic (exact) mass is 179 g/mol. The van der Waals surface area contributed by atoms with Crippen LogP contribution in [0.4, 0.5) is 0 Å². The van der Waals surface area contributed by atoms with E-state index in [0.717, 1.165) is 13.0 Å². The van der Waals surface area contributed by atoms with E-state index in [9.17, 15) is 4.79 Å². The maximum Gasteiger partial charge on any atom is 0.234 e. The van der Waals surface area contributed by atoms with Gasteiger partial charge in [0.05, 0.1) is 0 Å².